The normalized spacial score (nSPS) is 14.6. The van der Waals surface area contributed by atoms with Gasteiger partial charge in [0.1, 0.15) is 23.9 Å². The molecule has 4 aromatic rings. The molecule has 1 aliphatic carbocycles. The number of aryl methyl sites for hydroxylation is 2. The van der Waals surface area contributed by atoms with E-state index in [9.17, 15) is 9.59 Å². The van der Waals surface area contributed by atoms with Crippen LogP contribution in [0.2, 0.25) is 0 Å². The molecule has 1 fully saturated rings. The highest BCUT2D eigenvalue weighted by atomic mass is 16.5. The van der Waals surface area contributed by atoms with Gasteiger partial charge in [-0.25, -0.2) is 4.68 Å². The highest BCUT2D eigenvalue weighted by Gasteiger charge is 2.36. The van der Waals surface area contributed by atoms with Crippen molar-refractivity contribution in [3.63, 3.8) is 0 Å². The predicted octanol–water partition coefficient (Wildman–Crippen LogP) is 5.28. The largest absolute Gasteiger partial charge is 0.497 e. The average Bonchev–Trinajstić information content (AvgIpc) is 3.35. The van der Waals surface area contributed by atoms with Crippen LogP contribution in [0.25, 0.3) is 11.0 Å². The van der Waals surface area contributed by atoms with E-state index in [0.29, 0.717) is 16.8 Å². The number of methoxy groups -OCH3 is 1. The number of hydrogen-bond acceptors (Lipinski definition) is 5. The maximum atomic E-state index is 14.4. The maximum absolute atomic E-state index is 14.4. The second kappa shape index (κ2) is 11.7. The molecule has 39 heavy (non-hydrogen) atoms. The van der Waals surface area contributed by atoms with Crippen LogP contribution in [0.15, 0.2) is 66.7 Å². The minimum atomic E-state index is -0.899. The van der Waals surface area contributed by atoms with Crippen LogP contribution in [-0.4, -0.2) is 40.0 Å². The van der Waals surface area contributed by atoms with Crippen molar-refractivity contribution in [2.24, 2.45) is 0 Å². The highest BCUT2D eigenvalue weighted by Crippen LogP contribution is 2.35. The van der Waals surface area contributed by atoms with E-state index >= 15 is 0 Å². The Hall–Kier alpha value is -4.20. The summed E-state index contributed by atoms with van der Waals surface area (Å²) in [7, 11) is 1.60. The number of fused-ring (bicyclic) bond motifs is 1. The number of ether oxygens (including phenoxy) is 1. The Morgan fingerprint density at radius 1 is 1.00 bits per heavy atom. The van der Waals surface area contributed by atoms with Gasteiger partial charge in [-0.2, -0.15) is 0 Å². The maximum Gasteiger partial charge on any atom is 0.249 e. The molecule has 1 unspecified atom stereocenters. The van der Waals surface area contributed by atoms with Gasteiger partial charge in [-0.15, -0.1) is 5.10 Å². The Labute approximate surface area is 229 Å². The summed E-state index contributed by atoms with van der Waals surface area (Å²) in [6, 6.07) is 20.0. The summed E-state index contributed by atoms with van der Waals surface area (Å²) in [5.41, 5.74) is 4.69. The van der Waals surface area contributed by atoms with E-state index in [1.807, 2.05) is 80.6 Å². The number of nitrogens with one attached hydrogen (secondary N) is 1. The molecule has 1 saturated carbocycles. The van der Waals surface area contributed by atoms with E-state index in [-0.39, 0.29) is 24.4 Å². The second-order valence-corrected chi connectivity index (χ2v) is 10.3. The molecule has 5 rings (SSSR count). The first-order valence-corrected chi connectivity index (χ1v) is 13.6. The van der Waals surface area contributed by atoms with E-state index in [1.165, 1.54) is 6.42 Å². The van der Waals surface area contributed by atoms with E-state index in [0.717, 1.165) is 48.0 Å². The number of carbonyl (C=O) groups excluding carboxylic acids is 2. The smallest absolute Gasteiger partial charge is 0.249 e. The van der Waals surface area contributed by atoms with Crippen molar-refractivity contribution < 1.29 is 14.3 Å². The molecular formula is C31H35N5O3. The number of hydrogen-bond donors (Lipinski definition) is 1. The lowest BCUT2D eigenvalue weighted by Crippen LogP contribution is -2.48. The van der Waals surface area contributed by atoms with E-state index < -0.39 is 6.04 Å². The zero-order chi connectivity index (χ0) is 27.4. The topological polar surface area (TPSA) is 89.4 Å². The standard InChI is InChI=1S/C31H35N5O3/c1-21-11-9-12-22(2)29(21)36(28(37)20-35-27-18-8-7-17-26(27)33-34-35)30(23-13-10-16-25(19-23)39-3)31(38)32-24-14-5-4-6-15-24/h7-13,16-19,24,30H,4-6,14-15,20H2,1-3H3,(H,32,38). The van der Waals surface area contributed by atoms with Crippen molar-refractivity contribution in [3.8, 4) is 5.75 Å². The lowest BCUT2D eigenvalue weighted by atomic mass is 9.94. The number of carbonyl (C=O) groups is 2. The quantitative estimate of drug-likeness (QED) is 0.338. The van der Waals surface area contributed by atoms with Crippen molar-refractivity contribution in [2.75, 3.05) is 12.0 Å². The van der Waals surface area contributed by atoms with Crippen LogP contribution in [-0.2, 0) is 16.1 Å². The first-order valence-electron chi connectivity index (χ1n) is 13.6. The molecule has 202 valence electrons. The fraction of sp³-hybridized carbons (Fsp3) is 0.355. The molecule has 1 aromatic heterocycles. The number of rotatable bonds is 8. The van der Waals surface area contributed by atoms with Crippen LogP contribution in [0.3, 0.4) is 0 Å². The monoisotopic (exact) mass is 525 g/mol. The third-order valence-corrected chi connectivity index (χ3v) is 7.52. The van der Waals surface area contributed by atoms with Crippen LogP contribution in [0, 0.1) is 13.8 Å². The van der Waals surface area contributed by atoms with Gasteiger partial charge in [0.15, 0.2) is 0 Å². The summed E-state index contributed by atoms with van der Waals surface area (Å²) in [4.78, 5) is 30.2. The van der Waals surface area contributed by atoms with Crippen LogP contribution in [0.1, 0.15) is 54.8 Å². The van der Waals surface area contributed by atoms with Gasteiger partial charge in [-0.1, -0.05) is 66.9 Å². The van der Waals surface area contributed by atoms with E-state index in [2.05, 4.69) is 15.6 Å². The van der Waals surface area contributed by atoms with Crippen molar-refractivity contribution in [2.45, 2.75) is 64.6 Å². The fourth-order valence-electron chi connectivity index (χ4n) is 5.58. The molecule has 0 spiro atoms. The van der Waals surface area contributed by atoms with E-state index in [4.69, 9.17) is 4.74 Å². The first kappa shape index (κ1) is 26.4. The summed E-state index contributed by atoms with van der Waals surface area (Å²) >= 11 is 0. The summed E-state index contributed by atoms with van der Waals surface area (Å²) in [5.74, 6) is 0.170. The minimum Gasteiger partial charge on any atom is -0.497 e. The molecule has 1 atom stereocenters. The number of amides is 2. The molecule has 0 radical (unpaired) electrons. The summed E-state index contributed by atoms with van der Waals surface area (Å²) in [6.45, 7) is 3.87. The molecule has 8 heteroatoms. The first-order chi connectivity index (χ1) is 19.0. The van der Waals surface area contributed by atoms with Gasteiger partial charge < -0.3 is 10.1 Å². The van der Waals surface area contributed by atoms with Crippen molar-refractivity contribution in [1.29, 1.82) is 0 Å². The lowest BCUT2D eigenvalue weighted by Gasteiger charge is -2.35. The predicted molar refractivity (Wildman–Crippen MR) is 152 cm³/mol. The Balaban J connectivity index is 1.62. The van der Waals surface area contributed by atoms with Crippen molar-refractivity contribution in [1.82, 2.24) is 20.3 Å². The van der Waals surface area contributed by atoms with Gasteiger partial charge >= 0.3 is 0 Å². The molecule has 1 aliphatic rings. The number of anilines is 1. The van der Waals surface area contributed by atoms with Gasteiger partial charge in [0.25, 0.3) is 0 Å². The van der Waals surface area contributed by atoms with Gasteiger partial charge in [-0.3, -0.25) is 14.5 Å². The molecule has 1 N–H and O–H groups in total. The summed E-state index contributed by atoms with van der Waals surface area (Å²) in [6.07, 6.45) is 5.25. The average molecular weight is 526 g/mol. The SMILES string of the molecule is COc1cccc(C(C(=O)NC2CCCCC2)N(C(=O)Cn2nnc3ccccc32)c2c(C)cccc2C)c1. The molecule has 1 heterocycles. The second-order valence-electron chi connectivity index (χ2n) is 10.3. The highest BCUT2D eigenvalue weighted by molar-refractivity contribution is 6.02. The number of aromatic nitrogens is 3. The Morgan fingerprint density at radius 3 is 2.46 bits per heavy atom. The van der Waals surface area contributed by atoms with Gasteiger partial charge in [0.05, 0.1) is 18.3 Å². The molecular weight excluding hydrogens is 490 g/mol. The summed E-state index contributed by atoms with van der Waals surface area (Å²) in [5, 5.41) is 11.8. The summed E-state index contributed by atoms with van der Waals surface area (Å²) < 4.78 is 7.10. The molecule has 0 bridgehead atoms. The Morgan fingerprint density at radius 2 is 1.72 bits per heavy atom. The van der Waals surface area contributed by atoms with Crippen LogP contribution < -0.4 is 15.0 Å². The Kier molecular flexibility index (Phi) is 7.91. The van der Waals surface area contributed by atoms with Crippen LogP contribution >= 0.6 is 0 Å². The third-order valence-electron chi connectivity index (χ3n) is 7.52. The van der Waals surface area contributed by atoms with Gasteiger partial charge in [0.2, 0.25) is 11.8 Å². The third kappa shape index (κ3) is 5.65. The molecule has 8 nitrogen and oxygen atoms in total. The molecule has 0 aliphatic heterocycles. The molecule has 2 amide bonds. The zero-order valence-electron chi connectivity index (χ0n) is 22.8. The van der Waals surface area contributed by atoms with Gasteiger partial charge in [-0.05, 0) is 67.6 Å². The molecule has 3 aromatic carbocycles. The van der Waals surface area contributed by atoms with Crippen LogP contribution in [0.5, 0.6) is 5.75 Å². The number of benzene rings is 3. The number of nitrogens with zero attached hydrogens (tertiary/aromatic N) is 4. The van der Waals surface area contributed by atoms with Crippen molar-refractivity contribution >= 4 is 28.5 Å². The van der Waals surface area contributed by atoms with Gasteiger partial charge in [0, 0.05) is 6.04 Å². The fourth-order valence-corrected chi connectivity index (χ4v) is 5.58. The zero-order valence-corrected chi connectivity index (χ0v) is 22.8. The number of para-hydroxylation sites is 2. The van der Waals surface area contributed by atoms with Crippen LogP contribution in [0.4, 0.5) is 5.69 Å². The molecule has 0 saturated heterocycles. The van der Waals surface area contributed by atoms with E-state index in [1.54, 1.807) is 16.7 Å². The van der Waals surface area contributed by atoms with Crippen molar-refractivity contribution in [3.05, 3.63) is 83.4 Å². The minimum absolute atomic E-state index is 0.0640. The Bertz CT molecular complexity index is 1450. The lowest BCUT2D eigenvalue weighted by molar-refractivity contribution is -0.127.